The summed E-state index contributed by atoms with van der Waals surface area (Å²) in [7, 11) is 3.68. The van der Waals surface area contributed by atoms with Gasteiger partial charge in [0.05, 0.1) is 12.1 Å². The summed E-state index contributed by atoms with van der Waals surface area (Å²) in [4.78, 5) is 13.1. The van der Waals surface area contributed by atoms with E-state index in [2.05, 4.69) is 19.2 Å². The smallest absolute Gasteiger partial charge is 0.234 e. The predicted octanol–water partition coefficient (Wildman–Crippen LogP) is 0.461. The zero-order valence-corrected chi connectivity index (χ0v) is 10.5. The van der Waals surface area contributed by atoms with Crippen LogP contribution in [0.2, 0.25) is 0 Å². The van der Waals surface area contributed by atoms with Crippen molar-refractivity contribution < 1.29 is 9.90 Å². The average molecular weight is 216 g/mol. The maximum atomic E-state index is 11.3. The third-order valence-electron chi connectivity index (χ3n) is 1.97. The minimum atomic E-state index is -0.809. The molecule has 0 rings (SSSR count). The maximum Gasteiger partial charge on any atom is 0.234 e. The molecule has 0 aliphatic heterocycles. The van der Waals surface area contributed by atoms with E-state index in [0.717, 1.165) is 0 Å². The summed E-state index contributed by atoms with van der Waals surface area (Å²) in [5.74, 6) is 0.370. The van der Waals surface area contributed by atoms with Gasteiger partial charge in [0.2, 0.25) is 5.91 Å². The third-order valence-corrected chi connectivity index (χ3v) is 1.97. The van der Waals surface area contributed by atoms with E-state index >= 15 is 0 Å². The molecular formula is C11H24N2O2. The fourth-order valence-corrected chi connectivity index (χ4v) is 1.58. The quantitative estimate of drug-likeness (QED) is 0.678. The van der Waals surface area contributed by atoms with E-state index in [1.165, 1.54) is 0 Å². The van der Waals surface area contributed by atoms with Crippen molar-refractivity contribution in [1.29, 1.82) is 0 Å². The van der Waals surface area contributed by atoms with Crippen LogP contribution in [-0.4, -0.2) is 48.7 Å². The molecule has 0 aromatic rings. The van der Waals surface area contributed by atoms with Crippen molar-refractivity contribution in [2.24, 2.45) is 5.92 Å². The largest absolute Gasteiger partial charge is 0.388 e. The lowest BCUT2D eigenvalue weighted by molar-refractivity contribution is -0.123. The van der Waals surface area contributed by atoms with E-state index in [1.54, 1.807) is 11.8 Å². The van der Waals surface area contributed by atoms with Crippen molar-refractivity contribution in [3.05, 3.63) is 0 Å². The molecule has 0 radical (unpaired) electrons. The van der Waals surface area contributed by atoms with E-state index in [1.807, 2.05) is 14.1 Å². The molecule has 0 aliphatic rings. The van der Waals surface area contributed by atoms with Gasteiger partial charge in [0.15, 0.2) is 0 Å². The minimum Gasteiger partial charge on any atom is -0.388 e. The number of nitrogens with zero attached hydrogens (tertiary/aromatic N) is 1. The molecule has 0 aliphatic carbocycles. The van der Waals surface area contributed by atoms with Crippen molar-refractivity contribution in [2.75, 3.05) is 27.2 Å². The highest BCUT2D eigenvalue weighted by Gasteiger charge is 2.22. The van der Waals surface area contributed by atoms with Crippen LogP contribution in [0, 0.1) is 5.92 Å². The van der Waals surface area contributed by atoms with Crippen LogP contribution in [-0.2, 0) is 4.79 Å². The van der Waals surface area contributed by atoms with Crippen LogP contribution in [0.5, 0.6) is 0 Å². The highest BCUT2D eigenvalue weighted by Crippen LogP contribution is 2.14. The van der Waals surface area contributed by atoms with E-state index in [0.29, 0.717) is 25.4 Å². The Morgan fingerprint density at radius 2 is 2.00 bits per heavy atom. The summed E-state index contributed by atoms with van der Waals surface area (Å²) in [6, 6.07) is 0. The molecule has 0 bridgehead atoms. The molecule has 2 N–H and O–H groups in total. The summed E-state index contributed by atoms with van der Waals surface area (Å²) < 4.78 is 0. The van der Waals surface area contributed by atoms with Crippen LogP contribution < -0.4 is 5.32 Å². The molecule has 4 nitrogen and oxygen atoms in total. The number of hydrogen-bond donors (Lipinski definition) is 2. The molecule has 1 atom stereocenters. The van der Waals surface area contributed by atoms with Crippen LogP contribution in [0.25, 0.3) is 0 Å². The standard InChI is InChI=1S/C11H24N2O2/c1-9(2)6-11(3,15)8-12-10(14)7-13(4)5/h9,15H,6-8H2,1-5H3,(H,12,14). The summed E-state index contributed by atoms with van der Waals surface area (Å²) in [6.45, 7) is 6.53. The van der Waals surface area contributed by atoms with Crippen LogP contribution in [0.4, 0.5) is 0 Å². The van der Waals surface area contributed by atoms with Gasteiger partial charge in [0.25, 0.3) is 0 Å². The molecule has 0 fully saturated rings. The molecule has 0 heterocycles. The van der Waals surface area contributed by atoms with Crippen molar-refractivity contribution in [3.8, 4) is 0 Å². The lowest BCUT2D eigenvalue weighted by atomic mass is 9.94. The second-order valence-electron chi connectivity index (χ2n) is 5.11. The average Bonchev–Trinajstić information content (AvgIpc) is 1.97. The first-order chi connectivity index (χ1) is 6.73. The Balaban J connectivity index is 3.87. The molecule has 0 aromatic heterocycles. The molecule has 0 spiro atoms. The van der Waals surface area contributed by atoms with Crippen molar-refractivity contribution in [2.45, 2.75) is 32.8 Å². The number of carbonyl (C=O) groups is 1. The summed E-state index contributed by atoms with van der Waals surface area (Å²) in [5, 5.41) is 12.7. The molecular weight excluding hydrogens is 192 g/mol. The Hall–Kier alpha value is -0.610. The first-order valence-electron chi connectivity index (χ1n) is 5.37. The van der Waals surface area contributed by atoms with Gasteiger partial charge in [0, 0.05) is 6.54 Å². The Bertz CT molecular complexity index is 201. The van der Waals surface area contributed by atoms with Gasteiger partial charge in [-0.2, -0.15) is 0 Å². The third kappa shape index (κ3) is 8.39. The molecule has 4 heteroatoms. The van der Waals surface area contributed by atoms with Gasteiger partial charge in [-0.3, -0.25) is 4.79 Å². The number of carbonyl (C=O) groups excluding carboxylic acids is 1. The number of aliphatic hydroxyl groups is 1. The number of nitrogens with one attached hydrogen (secondary N) is 1. The monoisotopic (exact) mass is 216 g/mol. The first-order valence-corrected chi connectivity index (χ1v) is 5.37. The van der Waals surface area contributed by atoms with Crippen molar-refractivity contribution in [3.63, 3.8) is 0 Å². The van der Waals surface area contributed by atoms with Crippen LogP contribution in [0.1, 0.15) is 27.2 Å². The van der Waals surface area contributed by atoms with E-state index in [9.17, 15) is 9.90 Å². The summed E-state index contributed by atoms with van der Waals surface area (Å²) >= 11 is 0. The fourth-order valence-electron chi connectivity index (χ4n) is 1.58. The lowest BCUT2D eigenvalue weighted by Crippen LogP contribution is -2.44. The van der Waals surface area contributed by atoms with Crippen LogP contribution in [0.15, 0.2) is 0 Å². The van der Waals surface area contributed by atoms with E-state index in [4.69, 9.17) is 0 Å². The zero-order chi connectivity index (χ0) is 12.1. The Morgan fingerprint density at radius 1 is 1.47 bits per heavy atom. The fraction of sp³-hybridized carbons (Fsp3) is 0.909. The lowest BCUT2D eigenvalue weighted by Gasteiger charge is -2.25. The highest BCUT2D eigenvalue weighted by atomic mass is 16.3. The zero-order valence-electron chi connectivity index (χ0n) is 10.5. The second kappa shape index (κ2) is 6.08. The Morgan fingerprint density at radius 3 is 2.40 bits per heavy atom. The van der Waals surface area contributed by atoms with Gasteiger partial charge in [0.1, 0.15) is 0 Å². The first kappa shape index (κ1) is 14.4. The number of hydrogen-bond acceptors (Lipinski definition) is 3. The maximum absolute atomic E-state index is 11.3. The van der Waals surface area contributed by atoms with Gasteiger partial charge >= 0.3 is 0 Å². The number of rotatable bonds is 6. The Kier molecular flexibility index (Phi) is 5.83. The minimum absolute atomic E-state index is 0.0518. The SMILES string of the molecule is CC(C)CC(C)(O)CNC(=O)CN(C)C. The van der Waals surface area contributed by atoms with Crippen molar-refractivity contribution in [1.82, 2.24) is 10.2 Å². The normalized spacial score (nSPS) is 15.5. The summed E-state index contributed by atoms with van der Waals surface area (Å²) in [5.41, 5.74) is -0.809. The second-order valence-corrected chi connectivity index (χ2v) is 5.11. The molecule has 0 saturated carbocycles. The molecule has 15 heavy (non-hydrogen) atoms. The van der Waals surface area contributed by atoms with Crippen molar-refractivity contribution >= 4 is 5.91 Å². The molecule has 0 aromatic carbocycles. The Labute approximate surface area is 92.7 Å². The molecule has 1 unspecified atom stereocenters. The van der Waals surface area contributed by atoms with Crippen LogP contribution >= 0.6 is 0 Å². The number of amides is 1. The van der Waals surface area contributed by atoms with Gasteiger partial charge in [-0.25, -0.2) is 0 Å². The summed E-state index contributed by atoms with van der Waals surface area (Å²) in [6.07, 6.45) is 0.690. The van der Waals surface area contributed by atoms with Crippen LogP contribution in [0.3, 0.4) is 0 Å². The highest BCUT2D eigenvalue weighted by molar-refractivity contribution is 5.77. The topological polar surface area (TPSA) is 52.6 Å². The van der Waals surface area contributed by atoms with Gasteiger partial charge in [-0.05, 0) is 33.4 Å². The molecule has 90 valence electrons. The van der Waals surface area contributed by atoms with Gasteiger partial charge in [-0.15, -0.1) is 0 Å². The van der Waals surface area contributed by atoms with Gasteiger partial charge < -0.3 is 15.3 Å². The van der Waals surface area contributed by atoms with E-state index < -0.39 is 5.60 Å². The number of likely N-dealkylation sites (N-methyl/N-ethyl adjacent to an activating group) is 1. The predicted molar refractivity (Wildman–Crippen MR) is 61.6 cm³/mol. The molecule has 0 saturated heterocycles. The van der Waals surface area contributed by atoms with E-state index in [-0.39, 0.29) is 5.91 Å². The molecule has 1 amide bonds. The van der Waals surface area contributed by atoms with Gasteiger partial charge in [-0.1, -0.05) is 13.8 Å².